The van der Waals surface area contributed by atoms with E-state index in [1.807, 2.05) is 6.08 Å². The van der Waals surface area contributed by atoms with Crippen molar-refractivity contribution in [2.75, 3.05) is 6.61 Å². The molecule has 0 N–H and O–H groups in total. The molecule has 126 valence electrons. The van der Waals surface area contributed by atoms with Gasteiger partial charge in [0.1, 0.15) is 0 Å². The second-order valence-electron chi connectivity index (χ2n) is 7.79. The molecular formula is C22H32O. The zero-order valence-corrected chi connectivity index (χ0v) is 14.7. The number of rotatable bonds is 5. The predicted molar refractivity (Wildman–Crippen MR) is 97.8 cm³/mol. The van der Waals surface area contributed by atoms with Gasteiger partial charge in [-0.2, -0.15) is 0 Å². The molecule has 1 saturated carbocycles. The van der Waals surface area contributed by atoms with Gasteiger partial charge in [-0.25, -0.2) is 0 Å². The minimum absolute atomic E-state index is 0.295. The van der Waals surface area contributed by atoms with Gasteiger partial charge in [-0.3, -0.25) is 0 Å². The van der Waals surface area contributed by atoms with E-state index in [-0.39, 0.29) is 0 Å². The summed E-state index contributed by atoms with van der Waals surface area (Å²) in [5.41, 5.74) is 3.05. The van der Waals surface area contributed by atoms with Crippen LogP contribution in [0.25, 0.3) is 0 Å². The molecule has 1 aromatic carbocycles. The van der Waals surface area contributed by atoms with Gasteiger partial charge in [-0.15, -0.1) is 6.58 Å². The van der Waals surface area contributed by atoms with Crippen LogP contribution in [0.4, 0.5) is 0 Å². The Morgan fingerprint density at radius 1 is 1.04 bits per heavy atom. The third-order valence-corrected chi connectivity index (χ3v) is 5.98. The first-order chi connectivity index (χ1) is 11.2. The summed E-state index contributed by atoms with van der Waals surface area (Å²) in [6.07, 6.45) is 12.7. The van der Waals surface area contributed by atoms with Gasteiger partial charge in [0, 0.05) is 0 Å². The lowest BCUT2D eigenvalue weighted by Gasteiger charge is -2.27. The van der Waals surface area contributed by atoms with E-state index >= 15 is 0 Å². The zero-order valence-electron chi connectivity index (χ0n) is 14.7. The van der Waals surface area contributed by atoms with Crippen LogP contribution in [0.2, 0.25) is 0 Å². The maximum absolute atomic E-state index is 5.82. The van der Waals surface area contributed by atoms with Crippen molar-refractivity contribution in [2.24, 2.45) is 11.8 Å². The number of ether oxygens (including phenoxy) is 1. The van der Waals surface area contributed by atoms with Gasteiger partial charge in [-0.05, 0) is 67.4 Å². The standard InChI is InChI=1S/C22H32O/c1-3-22-15-10-19(16-23-22)7-6-18-8-13-21(14-9-18)20-11-4-17(2)5-12-20/h3,8-9,13-14,17,19-20,22H,1,4-7,10-12,15-16H2,2H3. The molecule has 1 aliphatic heterocycles. The molecule has 1 heteroatoms. The van der Waals surface area contributed by atoms with E-state index in [9.17, 15) is 0 Å². The molecule has 3 rings (SSSR count). The van der Waals surface area contributed by atoms with Crippen molar-refractivity contribution in [3.05, 3.63) is 48.0 Å². The van der Waals surface area contributed by atoms with Crippen LogP contribution >= 0.6 is 0 Å². The van der Waals surface area contributed by atoms with Crippen LogP contribution in [0.5, 0.6) is 0 Å². The number of aryl methyl sites for hydroxylation is 1. The van der Waals surface area contributed by atoms with E-state index in [0.717, 1.165) is 30.8 Å². The molecule has 1 saturated heterocycles. The summed E-state index contributed by atoms with van der Waals surface area (Å²) in [6.45, 7) is 7.13. The normalized spacial score (nSPS) is 31.7. The third-order valence-electron chi connectivity index (χ3n) is 5.98. The number of benzene rings is 1. The van der Waals surface area contributed by atoms with Crippen LogP contribution in [-0.4, -0.2) is 12.7 Å². The van der Waals surface area contributed by atoms with Gasteiger partial charge < -0.3 is 4.74 Å². The van der Waals surface area contributed by atoms with Gasteiger partial charge in [0.15, 0.2) is 0 Å². The van der Waals surface area contributed by atoms with Crippen LogP contribution in [-0.2, 0) is 11.2 Å². The maximum Gasteiger partial charge on any atom is 0.0753 e. The molecule has 2 unspecified atom stereocenters. The minimum Gasteiger partial charge on any atom is -0.374 e. The Labute approximate surface area is 142 Å². The molecule has 0 bridgehead atoms. The smallest absolute Gasteiger partial charge is 0.0753 e. The maximum atomic E-state index is 5.82. The van der Waals surface area contributed by atoms with Crippen molar-refractivity contribution >= 4 is 0 Å². The molecule has 1 aliphatic carbocycles. The first-order valence-corrected chi connectivity index (χ1v) is 9.57. The van der Waals surface area contributed by atoms with E-state index in [0.29, 0.717) is 6.10 Å². The molecule has 0 amide bonds. The van der Waals surface area contributed by atoms with Crippen LogP contribution in [0, 0.1) is 11.8 Å². The van der Waals surface area contributed by atoms with Gasteiger partial charge in [0.2, 0.25) is 0 Å². The highest BCUT2D eigenvalue weighted by atomic mass is 16.5. The van der Waals surface area contributed by atoms with Gasteiger partial charge >= 0.3 is 0 Å². The SMILES string of the molecule is C=CC1CCC(CCc2ccc(C3CCC(C)CC3)cc2)CO1. The van der Waals surface area contributed by atoms with E-state index in [2.05, 4.69) is 37.8 Å². The minimum atomic E-state index is 0.295. The Bertz CT molecular complexity index is 473. The third kappa shape index (κ3) is 4.70. The van der Waals surface area contributed by atoms with E-state index in [1.165, 1.54) is 50.5 Å². The molecule has 23 heavy (non-hydrogen) atoms. The lowest BCUT2D eigenvalue weighted by atomic mass is 9.79. The van der Waals surface area contributed by atoms with Crippen molar-refractivity contribution in [3.63, 3.8) is 0 Å². The Balaban J connectivity index is 1.45. The molecule has 0 aromatic heterocycles. The summed E-state index contributed by atoms with van der Waals surface area (Å²) < 4.78 is 5.82. The van der Waals surface area contributed by atoms with E-state index in [4.69, 9.17) is 4.74 Å². The van der Waals surface area contributed by atoms with E-state index in [1.54, 1.807) is 5.56 Å². The van der Waals surface area contributed by atoms with Gasteiger partial charge in [0.05, 0.1) is 12.7 Å². The molecule has 2 atom stereocenters. The highest BCUT2D eigenvalue weighted by molar-refractivity contribution is 5.26. The van der Waals surface area contributed by atoms with E-state index < -0.39 is 0 Å². The fourth-order valence-corrected chi connectivity index (χ4v) is 4.16. The second kappa shape index (κ2) is 8.15. The largest absolute Gasteiger partial charge is 0.374 e. The molecule has 2 fully saturated rings. The van der Waals surface area contributed by atoms with Crippen LogP contribution in [0.15, 0.2) is 36.9 Å². The first kappa shape index (κ1) is 16.8. The van der Waals surface area contributed by atoms with Crippen LogP contribution in [0.3, 0.4) is 0 Å². The Morgan fingerprint density at radius 3 is 2.39 bits per heavy atom. The molecular weight excluding hydrogens is 280 g/mol. The van der Waals surface area contributed by atoms with Gasteiger partial charge in [0.25, 0.3) is 0 Å². The molecule has 0 radical (unpaired) electrons. The summed E-state index contributed by atoms with van der Waals surface area (Å²) in [4.78, 5) is 0. The van der Waals surface area contributed by atoms with Crippen molar-refractivity contribution < 1.29 is 4.74 Å². The van der Waals surface area contributed by atoms with Crippen molar-refractivity contribution in [1.29, 1.82) is 0 Å². The van der Waals surface area contributed by atoms with Crippen LogP contribution in [0.1, 0.15) is 68.9 Å². The molecule has 0 spiro atoms. The van der Waals surface area contributed by atoms with Crippen LogP contribution < -0.4 is 0 Å². The highest BCUT2D eigenvalue weighted by Gasteiger charge is 2.20. The lowest BCUT2D eigenvalue weighted by Crippen LogP contribution is -2.24. The van der Waals surface area contributed by atoms with Crippen molar-refractivity contribution in [1.82, 2.24) is 0 Å². The highest BCUT2D eigenvalue weighted by Crippen LogP contribution is 2.35. The Morgan fingerprint density at radius 2 is 1.78 bits per heavy atom. The quantitative estimate of drug-likeness (QED) is 0.616. The summed E-state index contributed by atoms with van der Waals surface area (Å²) in [6, 6.07) is 9.51. The Kier molecular flexibility index (Phi) is 5.94. The Hall–Kier alpha value is -1.08. The fraction of sp³-hybridized carbons (Fsp3) is 0.636. The summed E-state index contributed by atoms with van der Waals surface area (Å²) in [5, 5.41) is 0. The first-order valence-electron chi connectivity index (χ1n) is 9.57. The molecule has 1 heterocycles. The second-order valence-corrected chi connectivity index (χ2v) is 7.79. The zero-order chi connectivity index (χ0) is 16.1. The fourth-order valence-electron chi connectivity index (χ4n) is 4.16. The number of hydrogen-bond donors (Lipinski definition) is 0. The van der Waals surface area contributed by atoms with Crippen molar-refractivity contribution in [3.8, 4) is 0 Å². The molecule has 1 aromatic rings. The monoisotopic (exact) mass is 312 g/mol. The lowest BCUT2D eigenvalue weighted by molar-refractivity contribution is 0.00886. The average molecular weight is 312 g/mol. The molecule has 1 nitrogen and oxygen atoms in total. The van der Waals surface area contributed by atoms with Crippen molar-refractivity contribution in [2.45, 2.75) is 70.3 Å². The summed E-state index contributed by atoms with van der Waals surface area (Å²) >= 11 is 0. The summed E-state index contributed by atoms with van der Waals surface area (Å²) in [7, 11) is 0. The predicted octanol–water partition coefficient (Wildman–Crippen LogP) is 5.89. The average Bonchev–Trinajstić information content (AvgIpc) is 2.61. The topological polar surface area (TPSA) is 9.23 Å². The summed E-state index contributed by atoms with van der Waals surface area (Å²) in [5.74, 6) is 2.47. The molecule has 2 aliphatic rings. The van der Waals surface area contributed by atoms with Gasteiger partial charge in [-0.1, -0.05) is 50.1 Å². The number of hydrogen-bond acceptors (Lipinski definition) is 1.